The number of aromatic nitrogens is 1. The molecule has 1 aromatic heterocycles. The fourth-order valence-corrected chi connectivity index (χ4v) is 2.56. The predicted molar refractivity (Wildman–Crippen MR) is 92.6 cm³/mol. The molecule has 4 nitrogen and oxygen atoms in total. The predicted octanol–water partition coefficient (Wildman–Crippen LogP) is 4.73. The number of fused-ring (bicyclic) bond motifs is 1. The van der Waals surface area contributed by atoms with E-state index in [-0.39, 0.29) is 5.69 Å². The molecule has 0 spiro atoms. The van der Waals surface area contributed by atoms with Gasteiger partial charge in [0.05, 0.1) is 18.3 Å². The minimum Gasteiger partial charge on any atom is -0.464 e. The van der Waals surface area contributed by atoms with Crippen molar-refractivity contribution in [2.75, 3.05) is 12.4 Å². The van der Waals surface area contributed by atoms with Crippen LogP contribution in [0.4, 0.5) is 11.4 Å². The first-order valence-electron chi connectivity index (χ1n) is 7.09. The van der Waals surface area contributed by atoms with Crippen molar-refractivity contribution >= 4 is 39.8 Å². The Labute approximate surface area is 139 Å². The van der Waals surface area contributed by atoms with Crippen LogP contribution in [-0.4, -0.2) is 18.1 Å². The topological polar surface area (TPSA) is 51.2 Å². The molecule has 0 bridgehead atoms. The summed E-state index contributed by atoms with van der Waals surface area (Å²) in [5.74, 6) is -0.471. The number of nitrogens with zero attached hydrogens (tertiary/aromatic N) is 1. The van der Waals surface area contributed by atoms with E-state index < -0.39 is 5.97 Å². The maximum Gasteiger partial charge on any atom is 0.356 e. The number of carbonyl (C=O) groups excluding carboxylic acids is 1. The maximum absolute atomic E-state index is 11.8. The van der Waals surface area contributed by atoms with Gasteiger partial charge in [-0.15, -0.1) is 0 Å². The third kappa shape index (κ3) is 3.27. The van der Waals surface area contributed by atoms with Crippen LogP contribution in [0.25, 0.3) is 10.9 Å². The number of rotatable bonds is 3. The Hall–Kier alpha value is -2.59. The molecule has 0 saturated heterocycles. The molecule has 5 heteroatoms. The van der Waals surface area contributed by atoms with E-state index >= 15 is 0 Å². The number of methoxy groups -OCH3 is 1. The van der Waals surface area contributed by atoms with Crippen LogP contribution < -0.4 is 5.32 Å². The number of ether oxygens (including phenoxy) is 1. The summed E-state index contributed by atoms with van der Waals surface area (Å²) >= 11 is 6.03. The molecule has 0 unspecified atom stereocenters. The van der Waals surface area contributed by atoms with Crippen molar-refractivity contribution in [2.24, 2.45) is 0 Å². The number of nitrogens with one attached hydrogen (secondary N) is 1. The summed E-state index contributed by atoms with van der Waals surface area (Å²) in [5.41, 5.74) is 3.71. The van der Waals surface area contributed by atoms with Crippen LogP contribution in [0.5, 0.6) is 0 Å². The Kier molecular flexibility index (Phi) is 4.17. The molecule has 0 radical (unpaired) electrons. The van der Waals surface area contributed by atoms with Crippen molar-refractivity contribution < 1.29 is 9.53 Å². The standard InChI is InChI=1S/C18H15ClN2O2/c1-11-6-7-15-14(8-11)16(10-17(21-15)18(22)23-2)20-13-5-3-4-12(19)9-13/h3-10H,1-2H3,(H,20,21). The van der Waals surface area contributed by atoms with Gasteiger partial charge in [0.15, 0.2) is 5.69 Å². The van der Waals surface area contributed by atoms with E-state index in [2.05, 4.69) is 10.3 Å². The Morgan fingerprint density at radius 3 is 2.74 bits per heavy atom. The van der Waals surface area contributed by atoms with Gasteiger partial charge in [-0.25, -0.2) is 9.78 Å². The quantitative estimate of drug-likeness (QED) is 0.707. The molecule has 0 saturated carbocycles. The molecule has 116 valence electrons. The van der Waals surface area contributed by atoms with Crippen LogP contribution in [-0.2, 0) is 4.74 Å². The highest BCUT2D eigenvalue weighted by Crippen LogP contribution is 2.28. The van der Waals surface area contributed by atoms with Gasteiger partial charge in [-0.05, 0) is 43.3 Å². The lowest BCUT2D eigenvalue weighted by atomic mass is 10.1. The Bertz CT molecular complexity index is 893. The average molecular weight is 327 g/mol. The van der Waals surface area contributed by atoms with Crippen LogP contribution >= 0.6 is 11.6 Å². The minimum absolute atomic E-state index is 0.258. The molecule has 0 fully saturated rings. The summed E-state index contributed by atoms with van der Waals surface area (Å²) in [5, 5.41) is 4.87. The number of esters is 1. The summed E-state index contributed by atoms with van der Waals surface area (Å²) < 4.78 is 4.78. The van der Waals surface area contributed by atoms with Crippen LogP contribution in [0.1, 0.15) is 16.1 Å². The lowest BCUT2D eigenvalue weighted by molar-refractivity contribution is 0.0594. The molecule has 3 aromatic rings. The number of halogens is 1. The Morgan fingerprint density at radius 2 is 2.00 bits per heavy atom. The molecular weight excluding hydrogens is 312 g/mol. The molecule has 1 N–H and O–H groups in total. The maximum atomic E-state index is 11.8. The average Bonchev–Trinajstić information content (AvgIpc) is 2.54. The number of anilines is 2. The van der Waals surface area contributed by atoms with Crippen molar-refractivity contribution in [3.8, 4) is 0 Å². The van der Waals surface area contributed by atoms with Crippen molar-refractivity contribution in [1.29, 1.82) is 0 Å². The smallest absolute Gasteiger partial charge is 0.356 e. The lowest BCUT2D eigenvalue weighted by Gasteiger charge is -2.12. The zero-order chi connectivity index (χ0) is 16.4. The van der Waals surface area contributed by atoms with E-state index in [0.717, 1.165) is 27.8 Å². The molecule has 0 atom stereocenters. The van der Waals surface area contributed by atoms with E-state index in [0.29, 0.717) is 5.02 Å². The number of pyridine rings is 1. The highest BCUT2D eigenvalue weighted by atomic mass is 35.5. The molecule has 0 amide bonds. The Morgan fingerprint density at radius 1 is 1.17 bits per heavy atom. The van der Waals surface area contributed by atoms with Gasteiger partial charge in [-0.1, -0.05) is 29.3 Å². The second-order valence-corrected chi connectivity index (χ2v) is 5.64. The van der Waals surface area contributed by atoms with Crippen molar-refractivity contribution in [1.82, 2.24) is 4.98 Å². The first kappa shape index (κ1) is 15.3. The summed E-state index contributed by atoms with van der Waals surface area (Å²) in [4.78, 5) is 16.2. The van der Waals surface area contributed by atoms with Gasteiger partial charge in [-0.2, -0.15) is 0 Å². The zero-order valence-electron chi connectivity index (χ0n) is 12.8. The highest BCUT2D eigenvalue weighted by molar-refractivity contribution is 6.30. The molecule has 0 aliphatic rings. The fourth-order valence-electron chi connectivity index (χ4n) is 2.37. The number of benzene rings is 2. The Balaban J connectivity index is 2.15. The molecule has 0 aliphatic heterocycles. The van der Waals surface area contributed by atoms with E-state index in [1.807, 2.05) is 43.3 Å². The fraction of sp³-hybridized carbons (Fsp3) is 0.111. The van der Waals surface area contributed by atoms with E-state index in [4.69, 9.17) is 16.3 Å². The van der Waals surface area contributed by atoms with Gasteiger partial charge in [0.25, 0.3) is 0 Å². The molecule has 23 heavy (non-hydrogen) atoms. The SMILES string of the molecule is COC(=O)c1cc(Nc2cccc(Cl)c2)c2cc(C)ccc2n1. The molecule has 2 aromatic carbocycles. The van der Waals surface area contributed by atoms with Gasteiger partial charge in [0, 0.05) is 16.1 Å². The molecule has 0 aliphatic carbocycles. The lowest BCUT2D eigenvalue weighted by Crippen LogP contribution is -2.06. The van der Waals surface area contributed by atoms with Crippen LogP contribution in [0, 0.1) is 6.92 Å². The number of carbonyl (C=O) groups is 1. The van der Waals surface area contributed by atoms with Crippen molar-refractivity contribution in [3.05, 3.63) is 64.8 Å². The van der Waals surface area contributed by atoms with Crippen LogP contribution in [0.2, 0.25) is 5.02 Å². The first-order valence-corrected chi connectivity index (χ1v) is 7.47. The monoisotopic (exact) mass is 326 g/mol. The van der Waals surface area contributed by atoms with Gasteiger partial charge in [-0.3, -0.25) is 0 Å². The normalized spacial score (nSPS) is 10.6. The second-order valence-electron chi connectivity index (χ2n) is 5.20. The molecule has 1 heterocycles. The minimum atomic E-state index is -0.471. The molecule has 3 rings (SSSR count). The molecular formula is C18H15ClN2O2. The number of hydrogen-bond donors (Lipinski definition) is 1. The summed E-state index contributed by atoms with van der Waals surface area (Å²) in [7, 11) is 1.34. The zero-order valence-corrected chi connectivity index (χ0v) is 13.5. The van der Waals surface area contributed by atoms with Crippen molar-refractivity contribution in [2.45, 2.75) is 6.92 Å². The van der Waals surface area contributed by atoms with E-state index in [9.17, 15) is 4.79 Å². The number of aryl methyl sites for hydroxylation is 1. The summed E-state index contributed by atoms with van der Waals surface area (Å²) in [6, 6.07) is 15.0. The summed E-state index contributed by atoms with van der Waals surface area (Å²) in [6.45, 7) is 2.01. The third-order valence-corrected chi connectivity index (χ3v) is 3.70. The summed E-state index contributed by atoms with van der Waals surface area (Å²) in [6.07, 6.45) is 0. The van der Waals surface area contributed by atoms with Gasteiger partial charge >= 0.3 is 5.97 Å². The van der Waals surface area contributed by atoms with Crippen LogP contribution in [0.15, 0.2) is 48.5 Å². The largest absolute Gasteiger partial charge is 0.464 e. The van der Waals surface area contributed by atoms with Gasteiger partial charge in [0.1, 0.15) is 0 Å². The van der Waals surface area contributed by atoms with Crippen LogP contribution in [0.3, 0.4) is 0 Å². The second kappa shape index (κ2) is 6.26. The third-order valence-electron chi connectivity index (χ3n) is 3.46. The van der Waals surface area contributed by atoms with E-state index in [1.165, 1.54) is 7.11 Å². The van der Waals surface area contributed by atoms with Gasteiger partial charge in [0.2, 0.25) is 0 Å². The van der Waals surface area contributed by atoms with E-state index in [1.54, 1.807) is 12.1 Å². The van der Waals surface area contributed by atoms with Crippen molar-refractivity contribution in [3.63, 3.8) is 0 Å². The first-order chi connectivity index (χ1) is 11.1. The number of hydrogen-bond acceptors (Lipinski definition) is 4. The van der Waals surface area contributed by atoms with Gasteiger partial charge < -0.3 is 10.1 Å². The highest BCUT2D eigenvalue weighted by Gasteiger charge is 2.13.